The van der Waals surface area contributed by atoms with Crippen LogP contribution in [0, 0.1) is 0 Å². The predicted molar refractivity (Wildman–Crippen MR) is 174 cm³/mol. The number of nitrogens with zero attached hydrogens (tertiary/aromatic N) is 3. The highest BCUT2D eigenvalue weighted by Crippen LogP contribution is 2.34. The molecule has 12 heteroatoms. The van der Waals surface area contributed by atoms with Gasteiger partial charge in [-0.15, -0.1) is 0 Å². The lowest BCUT2D eigenvalue weighted by Crippen LogP contribution is -2.42. The van der Waals surface area contributed by atoms with Crippen molar-refractivity contribution in [3.8, 4) is 17.2 Å². The molecule has 1 atom stereocenters. The van der Waals surface area contributed by atoms with Gasteiger partial charge in [-0.3, -0.25) is 19.4 Å². The van der Waals surface area contributed by atoms with Crippen LogP contribution >= 0.6 is 11.8 Å². The van der Waals surface area contributed by atoms with E-state index in [-0.39, 0.29) is 36.3 Å². The Morgan fingerprint density at radius 3 is 2.40 bits per heavy atom. The second-order valence-electron chi connectivity index (χ2n) is 10.3. The van der Waals surface area contributed by atoms with E-state index in [2.05, 4.69) is 15.6 Å². The van der Waals surface area contributed by atoms with Crippen molar-refractivity contribution in [1.29, 1.82) is 0 Å². The zero-order valence-electron chi connectivity index (χ0n) is 25.4. The first-order valence-corrected chi connectivity index (χ1v) is 15.5. The molecule has 0 radical (unpaired) electrons. The predicted octanol–water partition coefficient (Wildman–Crippen LogP) is 3.86. The number of amides is 3. The summed E-state index contributed by atoms with van der Waals surface area (Å²) in [5.41, 5.74) is 3.35. The number of carbonyl (C=O) groups excluding carboxylic acids is 3. The number of amidine groups is 2. The van der Waals surface area contributed by atoms with E-state index in [1.54, 1.807) is 21.3 Å². The van der Waals surface area contributed by atoms with Gasteiger partial charge in [0.1, 0.15) is 17.6 Å². The maximum absolute atomic E-state index is 13.5. The number of para-hydroxylation sites is 1. The molecule has 3 amide bonds. The average molecular weight is 630 g/mol. The van der Waals surface area contributed by atoms with Gasteiger partial charge < -0.3 is 24.8 Å². The van der Waals surface area contributed by atoms with Crippen molar-refractivity contribution >= 4 is 46.2 Å². The van der Waals surface area contributed by atoms with Crippen molar-refractivity contribution in [1.82, 2.24) is 15.5 Å². The van der Waals surface area contributed by atoms with Gasteiger partial charge in [-0.25, -0.2) is 9.89 Å². The summed E-state index contributed by atoms with van der Waals surface area (Å²) in [6.07, 6.45) is 1.01. The van der Waals surface area contributed by atoms with Gasteiger partial charge in [-0.1, -0.05) is 42.1 Å². The van der Waals surface area contributed by atoms with Crippen LogP contribution in [0.15, 0.2) is 76.7 Å². The molecule has 45 heavy (non-hydrogen) atoms. The fourth-order valence-corrected chi connectivity index (χ4v) is 5.78. The standard InChI is InChI=1S/C33H35N5O6S/c1-42-23-11-8-22(9-12-23)19-35-29(39)15-13-26-32(41)38-31(36-26)24-6-4-5-7-25(24)37-33(38)45-20-30(40)34-17-16-21-10-14-27(43-2)28(18-21)44-3/h4-12,14,18,26H,13,15-17,19-20H2,1-3H3,(H,34,40)(H,35,39). The fourth-order valence-electron chi connectivity index (χ4n) is 4.95. The molecule has 0 aromatic heterocycles. The monoisotopic (exact) mass is 629 g/mol. The molecule has 2 heterocycles. The summed E-state index contributed by atoms with van der Waals surface area (Å²) >= 11 is 1.18. The van der Waals surface area contributed by atoms with E-state index in [1.807, 2.05) is 66.7 Å². The van der Waals surface area contributed by atoms with Crippen molar-refractivity contribution in [2.45, 2.75) is 31.8 Å². The second kappa shape index (κ2) is 14.8. The highest BCUT2D eigenvalue weighted by Gasteiger charge is 2.41. The summed E-state index contributed by atoms with van der Waals surface area (Å²) in [6.45, 7) is 0.807. The van der Waals surface area contributed by atoms with Gasteiger partial charge in [0.05, 0.1) is 32.8 Å². The normalized spacial score (nSPS) is 15.0. The molecule has 3 aromatic rings. The number of hydrogen-bond donors (Lipinski definition) is 2. The molecular weight excluding hydrogens is 594 g/mol. The van der Waals surface area contributed by atoms with Gasteiger partial charge in [-0.2, -0.15) is 0 Å². The number of fused-ring (bicyclic) bond motifs is 3. The number of rotatable bonds is 13. The molecule has 1 unspecified atom stereocenters. The SMILES string of the molecule is COc1ccc(CNC(=O)CCC2N=C3c4ccccc4N=C(SCC(=O)NCCc4ccc(OC)c(OC)c4)N3C2=O)cc1. The highest BCUT2D eigenvalue weighted by atomic mass is 32.2. The Hall–Kier alpha value is -4.84. The van der Waals surface area contributed by atoms with Crippen molar-refractivity contribution in [3.63, 3.8) is 0 Å². The number of benzene rings is 3. The lowest BCUT2D eigenvalue weighted by molar-refractivity contribution is -0.125. The molecule has 0 spiro atoms. The average Bonchev–Trinajstić information content (AvgIpc) is 3.41. The molecule has 0 fully saturated rings. The molecule has 0 bridgehead atoms. The molecule has 0 saturated carbocycles. The largest absolute Gasteiger partial charge is 0.497 e. The molecule has 3 aromatic carbocycles. The Morgan fingerprint density at radius 1 is 0.889 bits per heavy atom. The minimum Gasteiger partial charge on any atom is -0.497 e. The Bertz CT molecular complexity index is 1620. The molecular formula is C33H35N5O6S. The Labute approximate surface area is 266 Å². The third kappa shape index (κ3) is 7.63. The summed E-state index contributed by atoms with van der Waals surface area (Å²) in [5.74, 6) is 1.97. The number of methoxy groups -OCH3 is 3. The molecule has 0 saturated heterocycles. The lowest BCUT2D eigenvalue weighted by Gasteiger charge is -2.25. The maximum atomic E-state index is 13.5. The van der Waals surface area contributed by atoms with Crippen molar-refractivity contribution in [3.05, 3.63) is 83.4 Å². The van der Waals surface area contributed by atoms with Crippen molar-refractivity contribution in [2.75, 3.05) is 33.6 Å². The Balaban J connectivity index is 1.16. The molecule has 2 aliphatic rings. The van der Waals surface area contributed by atoms with Crippen LogP contribution in [-0.4, -0.2) is 73.3 Å². The van der Waals surface area contributed by atoms with E-state index in [0.717, 1.165) is 22.4 Å². The molecule has 0 aliphatic carbocycles. The number of hydrogen-bond acceptors (Lipinski definition) is 9. The number of thioether (sulfide) groups is 1. The first-order valence-electron chi connectivity index (χ1n) is 14.5. The van der Waals surface area contributed by atoms with E-state index < -0.39 is 6.04 Å². The molecule has 2 N–H and O–H groups in total. The lowest BCUT2D eigenvalue weighted by atomic mass is 10.1. The van der Waals surface area contributed by atoms with Crippen LogP contribution in [0.3, 0.4) is 0 Å². The second-order valence-corrected chi connectivity index (χ2v) is 11.2. The third-order valence-electron chi connectivity index (χ3n) is 7.36. The Morgan fingerprint density at radius 2 is 1.64 bits per heavy atom. The van der Waals surface area contributed by atoms with Gasteiger partial charge in [0.15, 0.2) is 16.7 Å². The van der Waals surface area contributed by atoms with Crippen LogP contribution in [0.5, 0.6) is 17.2 Å². The van der Waals surface area contributed by atoms with Crippen LogP contribution in [0.25, 0.3) is 0 Å². The van der Waals surface area contributed by atoms with Crippen LogP contribution in [-0.2, 0) is 27.3 Å². The molecule has 11 nitrogen and oxygen atoms in total. The zero-order valence-corrected chi connectivity index (χ0v) is 26.2. The number of nitrogens with one attached hydrogen (secondary N) is 2. The summed E-state index contributed by atoms with van der Waals surface area (Å²) < 4.78 is 15.8. The third-order valence-corrected chi connectivity index (χ3v) is 8.30. The number of carbonyl (C=O) groups is 3. The summed E-state index contributed by atoms with van der Waals surface area (Å²) in [5, 5.41) is 6.21. The maximum Gasteiger partial charge on any atom is 0.259 e. The van der Waals surface area contributed by atoms with Crippen molar-refractivity contribution < 1.29 is 28.6 Å². The molecule has 2 aliphatic heterocycles. The minimum atomic E-state index is -0.723. The number of aliphatic imine (C=N–C) groups is 2. The van der Waals surface area contributed by atoms with Gasteiger partial charge in [0.25, 0.3) is 5.91 Å². The quantitative estimate of drug-likeness (QED) is 0.294. The van der Waals surface area contributed by atoms with Crippen LogP contribution in [0.2, 0.25) is 0 Å². The van der Waals surface area contributed by atoms with Gasteiger partial charge in [0, 0.05) is 25.1 Å². The topological polar surface area (TPSA) is 131 Å². The highest BCUT2D eigenvalue weighted by molar-refractivity contribution is 8.14. The number of ether oxygens (including phenoxy) is 3. The van der Waals surface area contributed by atoms with E-state index in [9.17, 15) is 14.4 Å². The zero-order chi connectivity index (χ0) is 31.8. The van der Waals surface area contributed by atoms with Crippen LogP contribution in [0.4, 0.5) is 5.69 Å². The fraction of sp³-hybridized carbons (Fsp3) is 0.303. The van der Waals surface area contributed by atoms with Gasteiger partial charge in [-0.05, 0) is 60.4 Å². The van der Waals surface area contributed by atoms with E-state index >= 15 is 0 Å². The van der Waals surface area contributed by atoms with Gasteiger partial charge in [0.2, 0.25) is 11.8 Å². The van der Waals surface area contributed by atoms with Crippen molar-refractivity contribution in [2.24, 2.45) is 9.98 Å². The molecule has 5 rings (SSSR count). The summed E-state index contributed by atoms with van der Waals surface area (Å²) in [7, 11) is 4.77. The van der Waals surface area contributed by atoms with Gasteiger partial charge >= 0.3 is 0 Å². The van der Waals surface area contributed by atoms with Crippen LogP contribution < -0.4 is 24.8 Å². The first-order chi connectivity index (χ1) is 21.9. The smallest absolute Gasteiger partial charge is 0.259 e. The van der Waals surface area contributed by atoms with E-state index in [4.69, 9.17) is 19.2 Å². The molecule has 234 valence electrons. The summed E-state index contributed by atoms with van der Waals surface area (Å²) in [4.78, 5) is 49.8. The Kier molecular flexibility index (Phi) is 10.4. The van der Waals surface area contributed by atoms with E-state index in [0.29, 0.717) is 47.7 Å². The summed E-state index contributed by atoms with van der Waals surface area (Å²) in [6, 6.07) is 19.8. The minimum absolute atomic E-state index is 0.0719. The van der Waals surface area contributed by atoms with E-state index in [1.165, 1.54) is 16.7 Å². The first kappa shape index (κ1) is 31.6. The van der Waals surface area contributed by atoms with Crippen LogP contribution in [0.1, 0.15) is 29.5 Å².